The molecule has 2 amide bonds. The number of amides is 2. The highest BCUT2D eigenvalue weighted by Crippen LogP contribution is 2.29. The molecular formula is C12H14N2O2S. The van der Waals surface area contributed by atoms with Gasteiger partial charge in [-0.1, -0.05) is 6.92 Å². The lowest BCUT2D eigenvalue weighted by atomic mass is 10.3. The van der Waals surface area contributed by atoms with Crippen molar-refractivity contribution < 1.29 is 9.59 Å². The number of aromatic nitrogens is 1. The smallest absolute Gasteiger partial charge is 0.257 e. The Morgan fingerprint density at radius 2 is 2.18 bits per heavy atom. The van der Waals surface area contributed by atoms with Gasteiger partial charge in [0.05, 0.1) is 6.04 Å². The van der Waals surface area contributed by atoms with Crippen LogP contribution in [0.4, 0.5) is 0 Å². The number of nitrogens with zero attached hydrogens (tertiary/aromatic N) is 2. The Morgan fingerprint density at radius 3 is 2.65 bits per heavy atom. The highest BCUT2D eigenvalue weighted by molar-refractivity contribution is 7.11. The molecule has 0 saturated carbocycles. The van der Waals surface area contributed by atoms with Crippen LogP contribution in [-0.2, 0) is 16.0 Å². The molecule has 5 heteroatoms. The summed E-state index contributed by atoms with van der Waals surface area (Å²) in [4.78, 5) is 30.2. The molecule has 0 radical (unpaired) electrons. The van der Waals surface area contributed by atoms with Crippen molar-refractivity contribution in [1.29, 1.82) is 0 Å². The van der Waals surface area contributed by atoms with Crippen LogP contribution in [0.2, 0.25) is 0 Å². The Morgan fingerprint density at radius 1 is 1.47 bits per heavy atom. The summed E-state index contributed by atoms with van der Waals surface area (Å²) in [7, 11) is 0. The number of hydrogen-bond donors (Lipinski definition) is 0. The Kier molecular flexibility index (Phi) is 3.11. The fourth-order valence-corrected chi connectivity index (χ4v) is 2.66. The average Bonchev–Trinajstić information content (AvgIpc) is 2.85. The van der Waals surface area contributed by atoms with Gasteiger partial charge in [-0.15, -0.1) is 11.3 Å². The van der Waals surface area contributed by atoms with E-state index in [0.29, 0.717) is 5.57 Å². The number of hydrogen-bond acceptors (Lipinski definition) is 4. The Hall–Kier alpha value is -1.49. The minimum absolute atomic E-state index is 0.212. The summed E-state index contributed by atoms with van der Waals surface area (Å²) in [6.07, 6.45) is 4.11. The Labute approximate surface area is 104 Å². The molecule has 1 atom stereocenters. The van der Waals surface area contributed by atoms with Gasteiger partial charge >= 0.3 is 0 Å². The van der Waals surface area contributed by atoms with Crippen molar-refractivity contribution in [1.82, 2.24) is 9.88 Å². The lowest BCUT2D eigenvalue weighted by Crippen LogP contribution is -2.33. The molecule has 1 unspecified atom stereocenters. The van der Waals surface area contributed by atoms with E-state index in [9.17, 15) is 9.59 Å². The van der Waals surface area contributed by atoms with Crippen LogP contribution in [0, 0.1) is 0 Å². The quantitative estimate of drug-likeness (QED) is 0.772. The van der Waals surface area contributed by atoms with Gasteiger partial charge in [0.25, 0.3) is 11.8 Å². The van der Waals surface area contributed by atoms with Gasteiger partial charge in [0, 0.05) is 22.7 Å². The van der Waals surface area contributed by atoms with Gasteiger partial charge in [0.15, 0.2) is 0 Å². The zero-order valence-electron chi connectivity index (χ0n) is 10.1. The number of carbonyl (C=O) groups is 2. The highest BCUT2D eigenvalue weighted by atomic mass is 32.1. The number of imide groups is 1. The van der Waals surface area contributed by atoms with Crippen molar-refractivity contribution in [2.24, 2.45) is 0 Å². The molecule has 90 valence electrons. The predicted octanol–water partition coefficient (Wildman–Crippen LogP) is 2.08. The van der Waals surface area contributed by atoms with Gasteiger partial charge < -0.3 is 0 Å². The van der Waals surface area contributed by atoms with E-state index < -0.39 is 0 Å². The number of thiazole rings is 1. The topological polar surface area (TPSA) is 50.3 Å². The number of aryl methyl sites for hydroxylation is 1. The van der Waals surface area contributed by atoms with Crippen LogP contribution in [0.5, 0.6) is 0 Å². The van der Waals surface area contributed by atoms with Crippen LogP contribution in [0.3, 0.4) is 0 Å². The molecule has 1 aliphatic heterocycles. The van der Waals surface area contributed by atoms with Gasteiger partial charge in [-0.3, -0.25) is 14.5 Å². The maximum atomic E-state index is 11.8. The summed E-state index contributed by atoms with van der Waals surface area (Å²) in [6, 6.07) is -0.283. The maximum Gasteiger partial charge on any atom is 0.257 e. The molecule has 17 heavy (non-hydrogen) atoms. The third-order valence-electron chi connectivity index (χ3n) is 2.80. The van der Waals surface area contributed by atoms with Crippen molar-refractivity contribution in [3.05, 3.63) is 27.7 Å². The first kappa shape index (κ1) is 12.0. The first-order valence-corrected chi connectivity index (χ1v) is 6.36. The van der Waals surface area contributed by atoms with E-state index in [1.807, 2.05) is 13.1 Å². The zero-order valence-corrected chi connectivity index (χ0v) is 10.9. The summed E-state index contributed by atoms with van der Waals surface area (Å²) in [6.45, 7) is 5.55. The molecule has 0 fully saturated rings. The van der Waals surface area contributed by atoms with Crippen LogP contribution in [0.25, 0.3) is 0 Å². The minimum atomic E-state index is -0.283. The molecule has 2 rings (SSSR count). The lowest BCUT2D eigenvalue weighted by molar-refractivity contribution is -0.139. The first-order chi connectivity index (χ1) is 8.04. The molecule has 0 saturated heterocycles. The number of rotatable bonds is 3. The summed E-state index contributed by atoms with van der Waals surface area (Å²) in [5.41, 5.74) is 0.495. The average molecular weight is 250 g/mol. The molecule has 0 bridgehead atoms. The largest absolute Gasteiger partial charge is 0.269 e. The molecule has 1 aliphatic rings. The molecule has 2 heterocycles. The van der Waals surface area contributed by atoms with Gasteiger partial charge in [0.1, 0.15) is 5.01 Å². The van der Waals surface area contributed by atoms with Crippen LogP contribution in [-0.4, -0.2) is 21.7 Å². The molecular weight excluding hydrogens is 236 g/mol. The maximum absolute atomic E-state index is 11.8. The Balaban J connectivity index is 2.24. The molecule has 0 N–H and O–H groups in total. The SMILES string of the molecule is CCc1cnc(C(C)N2C(=O)C=C(C)C2=O)s1. The monoisotopic (exact) mass is 250 g/mol. The van der Waals surface area contributed by atoms with E-state index in [0.717, 1.165) is 16.3 Å². The lowest BCUT2D eigenvalue weighted by Gasteiger charge is -2.20. The molecule has 0 spiro atoms. The standard InChI is InChI=1S/C12H14N2O2S/c1-4-9-6-13-11(17-9)8(3)14-10(15)5-7(2)12(14)16/h5-6,8H,4H2,1-3H3. The van der Waals surface area contributed by atoms with Crippen LogP contribution < -0.4 is 0 Å². The predicted molar refractivity (Wildman–Crippen MR) is 65.5 cm³/mol. The van der Waals surface area contributed by atoms with Crippen molar-refractivity contribution in [3.63, 3.8) is 0 Å². The van der Waals surface area contributed by atoms with Crippen molar-refractivity contribution in [2.45, 2.75) is 33.2 Å². The number of carbonyl (C=O) groups excluding carboxylic acids is 2. The van der Waals surface area contributed by atoms with Gasteiger partial charge in [0.2, 0.25) is 0 Å². The van der Waals surface area contributed by atoms with E-state index in [-0.39, 0.29) is 17.9 Å². The van der Waals surface area contributed by atoms with Gasteiger partial charge in [-0.25, -0.2) is 4.98 Å². The fourth-order valence-electron chi connectivity index (χ4n) is 1.76. The van der Waals surface area contributed by atoms with Crippen molar-refractivity contribution in [3.8, 4) is 0 Å². The van der Waals surface area contributed by atoms with E-state index in [4.69, 9.17) is 0 Å². The molecule has 4 nitrogen and oxygen atoms in total. The second-order valence-corrected chi connectivity index (χ2v) is 5.18. The van der Waals surface area contributed by atoms with Gasteiger partial charge in [-0.05, 0) is 20.3 Å². The summed E-state index contributed by atoms with van der Waals surface area (Å²) in [5, 5.41) is 0.812. The molecule has 1 aromatic rings. The van der Waals surface area contributed by atoms with Gasteiger partial charge in [-0.2, -0.15) is 0 Å². The van der Waals surface area contributed by atoms with E-state index in [2.05, 4.69) is 11.9 Å². The summed E-state index contributed by atoms with van der Waals surface area (Å²) < 4.78 is 0. The molecule has 0 aliphatic carbocycles. The second kappa shape index (κ2) is 4.41. The van der Waals surface area contributed by atoms with E-state index >= 15 is 0 Å². The van der Waals surface area contributed by atoms with Crippen molar-refractivity contribution in [2.75, 3.05) is 0 Å². The third-order valence-corrected chi connectivity index (χ3v) is 4.11. The normalized spacial score (nSPS) is 17.6. The summed E-state index contributed by atoms with van der Waals surface area (Å²) in [5.74, 6) is -0.455. The molecule has 1 aromatic heterocycles. The fraction of sp³-hybridized carbons (Fsp3) is 0.417. The Bertz CT molecular complexity index is 504. The highest BCUT2D eigenvalue weighted by Gasteiger charge is 2.34. The zero-order chi connectivity index (χ0) is 12.6. The van der Waals surface area contributed by atoms with E-state index in [1.165, 1.54) is 11.0 Å². The summed E-state index contributed by atoms with van der Waals surface area (Å²) >= 11 is 1.55. The van der Waals surface area contributed by atoms with Crippen LogP contribution in [0.1, 0.15) is 36.7 Å². The van der Waals surface area contributed by atoms with Crippen molar-refractivity contribution >= 4 is 23.2 Å². The second-order valence-electron chi connectivity index (χ2n) is 4.04. The van der Waals surface area contributed by atoms with Crippen LogP contribution in [0.15, 0.2) is 17.8 Å². The van der Waals surface area contributed by atoms with E-state index in [1.54, 1.807) is 18.3 Å². The third kappa shape index (κ3) is 2.02. The minimum Gasteiger partial charge on any atom is -0.269 e. The first-order valence-electron chi connectivity index (χ1n) is 5.55. The van der Waals surface area contributed by atoms with Crippen LogP contribution >= 0.6 is 11.3 Å². The molecule has 0 aromatic carbocycles.